The number of ether oxygens (including phenoxy) is 1. The lowest BCUT2D eigenvalue weighted by Gasteiger charge is -2.11. The molecule has 1 atom stereocenters. The zero-order chi connectivity index (χ0) is 12.3. The first-order valence-electron chi connectivity index (χ1n) is 4.25. The number of carboxylic acid groups (broad SMARTS) is 1. The number of hydrogen-bond donors (Lipinski definition) is 1. The highest BCUT2D eigenvalue weighted by molar-refractivity contribution is 9.10. The molecule has 0 radical (unpaired) electrons. The van der Waals surface area contributed by atoms with Crippen LogP contribution in [0, 0.1) is 10.1 Å². The van der Waals surface area contributed by atoms with Crippen LogP contribution in [0.1, 0.15) is 6.92 Å². The molecule has 1 unspecified atom stereocenters. The number of nitrogens with zero attached hydrogens (tertiary/aromatic N) is 1. The van der Waals surface area contributed by atoms with Crippen LogP contribution in [0.4, 0.5) is 5.69 Å². The van der Waals surface area contributed by atoms with E-state index < -0.39 is 17.0 Å². The summed E-state index contributed by atoms with van der Waals surface area (Å²) in [7, 11) is 0. The standard InChI is InChI=1S/C9H8BrNO5/c1-5(9(12)13)16-8-4-6(11(14)15)2-3-7(8)10/h2-5H,1H3,(H,12,13). The molecule has 0 saturated heterocycles. The summed E-state index contributed by atoms with van der Waals surface area (Å²) >= 11 is 3.12. The number of carbonyl (C=O) groups is 1. The third-order valence-electron chi connectivity index (χ3n) is 1.78. The monoisotopic (exact) mass is 289 g/mol. The molecule has 7 heteroatoms. The smallest absolute Gasteiger partial charge is 0.344 e. The van der Waals surface area contributed by atoms with Crippen LogP contribution in [-0.4, -0.2) is 22.1 Å². The van der Waals surface area contributed by atoms with Gasteiger partial charge >= 0.3 is 5.97 Å². The van der Waals surface area contributed by atoms with Gasteiger partial charge in [-0.05, 0) is 28.9 Å². The predicted octanol–water partition coefficient (Wildman–Crippen LogP) is 2.21. The molecule has 0 aromatic heterocycles. The molecule has 0 heterocycles. The van der Waals surface area contributed by atoms with Crippen molar-refractivity contribution in [2.24, 2.45) is 0 Å². The SMILES string of the molecule is CC(Oc1cc([N+](=O)[O-])ccc1Br)C(=O)O. The Bertz CT molecular complexity index is 434. The number of nitro groups is 1. The van der Waals surface area contributed by atoms with E-state index in [4.69, 9.17) is 9.84 Å². The van der Waals surface area contributed by atoms with Crippen molar-refractivity contribution in [2.45, 2.75) is 13.0 Å². The largest absolute Gasteiger partial charge is 0.479 e. The fourth-order valence-corrected chi connectivity index (χ4v) is 1.28. The number of hydrogen-bond acceptors (Lipinski definition) is 4. The van der Waals surface area contributed by atoms with E-state index in [1.165, 1.54) is 25.1 Å². The number of halogens is 1. The number of non-ortho nitro benzene ring substituents is 1. The summed E-state index contributed by atoms with van der Waals surface area (Å²) in [5.41, 5.74) is -0.157. The molecule has 0 aliphatic carbocycles. The molecule has 0 bridgehead atoms. The average molecular weight is 290 g/mol. The van der Waals surface area contributed by atoms with Crippen molar-refractivity contribution in [2.75, 3.05) is 0 Å². The van der Waals surface area contributed by atoms with Gasteiger partial charge in [0.1, 0.15) is 5.75 Å². The van der Waals surface area contributed by atoms with Gasteiger partial charge in [-0.25, -0.2) is 4.79 Å². The van der Waals surface area contributed by atoms with Gasteiger partial charge in [0.2, 0.25) is 0 Å². The molecule has 0 fully saturated rings. The van der Waals surface area contributed by atoms with Crippen LogP contribution in [0.2, 0.25) is 0 Å². The molecule has 0 aliphatic rings. The topological polar surface area (TPSA) is 89.7 Å². The summed E-state index contributed by atoms with van der Waals surface area (Å²) < 4.78 is 5.51. The highest BCUT2D eigenvalue weighted by Crippen LogP contribution is 2.29. The van der Waals surface area contributed by atoms with Crippen molar-refractivity contribution in [1.29, 1.82) is 0 Å². The Morgan fingerprint density at radius 3 is 2.75 bits per heavy atom. The molecule has 1 aromatic carbocycles. The number of nitro benzene ring substituents is 1. The van der Waals surface area contributed by atoms with E-state index in [1.807, 2.05) is 0 Å². The second kappa shape index (κ2) is 4.93. The van der Waals surface area contributed by atoms with Crippen LogP contribution in [0.25, 0.3) is 0 Å². The van der Waals surface area contributed by atoms with Crippen molar-refractivity contribution in [3.63, 3.8) is 0 Å². The Morgan fingerprint density at radius 2 is 2.25 bits per heavy atom. The van der Waals surface area contributed by atoms with Crippen LogP contribution in [-0.2, 0) is 4.79 Å². The fraction of sp³-hybridized carbons (Fsp3) is 0.222. The quantitative estimate of drug-likeness (QED) is 0.678. The first kappa shape index (κ1) is 12.4. The maximum Gasteiger partial charge on any atom is 0.344 e. The molecule has 16 heavy (non-hydrogen) atoms. The summed E-state index contributed by atoms with van der Waals surface area (Å²) in [5.74, 6) is -1.01. The summed E-state index contributed by atoms with van der Waals surface area (Å²) in [6.07, 6.45) is -1.07. The highest BCUT2D eigenvalue weighted by atomic mass is 79.9. The van der Waals surface area contributed by atoms with Crippen molar-refractivity contribution < 1.29 is 19.6 Å². The molecular weight excluding hydrogens is 282 g/mol. The molecule has 6 nitrogen and oxygen atoms in total. The molecule has 0 spiro atoms. The van der Waals surface area contributed by atoms with Gasteiger partial charge in [-0.15, -0.1) is 0 Å². The minimum atomic E-state index is -1.14. The lowest BCUT2D eigenvalue weighted by atomic mass is 10.3. The van der Waals surface area contributed by atoms with E-state index in [-0.39, 0.29) is 11.4 Å². The minimum absolute atomic E-state index is 0.129. The number of rotatable bonds is 4. The predicted molar refractivity (Wildman–Crippen MR) is 58.5 cm³/mol. The van der Waals surface area contributed by atoms with E-state index in [0.29, 0.717) is 4.47 Å². The van der Waals surface area contributed by atoms with Crippen LogP contribution >= 0.6 is 15.9 Å². The molecule has 0 saturated carbocycles. The summed E-state index contributed by atoms with van der Waals surface area (Å²) in [6, 6.07) is 3.90. The molecule has 1 aromatic rings. The Kier molecular flexibility index (Phi) is 3.83. The summed E-state index contributed by atoms with van der Waals surface area (Å²) in [5, 5.41) is 19.1. The summed E-state index contributed by atoms with van der Waals surface area (Å²) in [6.45, 7) is 1.34. The Hall–Kier alpha value is -1.63. The second-order valence-corrected chi connectivity index (χ2v) is 3.82. The van der Waals surface area contributed by atoms with Crippen LogP contribution < -0.4 is 4.74 Å². The van der Waals surface area contributed by atoms with Crippen molar-refractivity contribution in [3.8, 4) is 5.75 Å². The van der Waals surface area contributed by atoms with E-state index in [9.17, 15) is 14.9 Å². The normalized spacial score (nSPS) is 11.9. The maximum atomic E-state index is 10.6. The van der Waals surface area contributed by atoms with E-state index >= 15 is 0 Å². The average Bonchev–Trinajstić information content (AvgIpc) is 2.20. The Labute approximate surface area is 99.1 Å². The third-order valence-corrected chi connectivity index (χ3v) is 2.43. The highest BCUT2D eigenvalue weighted by Gasteiger charge is 2.16. The van der Waals surface area contributed by atoms with Gasteiger partial charge in [-0.3, -0.25) is 10.1 Å². The lowest BCUT2D eigenvalue weighted by Crippen LogP contribution is -2.23. The maximum absolute atomic E-state index is 10.6. The molecule has 1 rings (SSSR count). The van der Waals surface area contributed by atoms with Gasteiger partial charge in [0.05, 0.1) is 15.5 Å². The molecular formula is C9H8BrNO5. The lowest BCUT2D eigenvalue weighted by molar-refractivity contribution is -0.385. The van der Waals surface area contributed by atoms with Gasteiger partial charge in [0, 0.05) is 6.07 Å². The van der Waals surface area contributed by atoms with Gasteiger partial charge in [-0.1, -0.05) is 0 Å². The first-order valence-corrected chi connectivity index (χ1v) is 5.04. The molecule has 86 valence electrons. The number of carboxylic acids is 1. The fourth-order valence-electron chi connectivity index (χ4n) is 0.937. The molecule has 1 N–H and O–H groups in total. The van der Waals surface area contributed by atoms with Gasteiger partial charge in [0.15, 0.2) is 6.10 Å². The summed E-state index contributed by atoms with van der Waals surface area (Å²) in [4.78, 5) is 20.5. The van der Waals surface area contributed by atoms with E-state index in [1.54, 1.807) is 0 Å². The number of benzene rings is 1. The van der Waals surface area contributed by atoms with Crippen LogP contribution in [0.5, 0.6) is 5.75 Å². The molecule has 0 amide bonds. The third kappa shape index (κ3) is 2.93. The van der Waals surface area contributed by atoms with E-state index in [0.717, 1.165) is 0 Å². The van der Waals surface area contributed by atoms with Crippen LogP contribution in [0.3, 0.4) is 0 Å². The minimum Gasteiger partial charge on any atom is -0.479 e. The van der Waals surface area contributed by atoms with E-state index in [2.05, 4.69) is 15.9 Å². The van der Waals surface area contributed by atoms with Crippen molar-refractivity contribution >= 4 is 27.6 Å². The van der Waals surface area contributed by atoms with Crippen LogP contribution in [0.15, 0.2) is 22.7 Å². The van der Waals surface area contributed by atoms with Crippen molar-refractivity contribution in [3.05, 3.63) is 32.8 Å². The van der Waals surface area contributed by atoms with Gasteiger partial charge < -0.3 is 9.84 Å². The van der Waals surface area contributed by atoms with Crippen molar-refractivity contribution in [1.82, 2.24) is 0 Å². The zero-order valence-corrected chi connectivity index (χ0v) is 9.80. The second-order valence-electron chi connectivity index (χ2n) is 2.97. The first-order chi connectivity index (χ1) is 7.41. The number of aliphatic carboxylic acids is 1. The Balaban J connectivity index is 2.98. The Morgan fingerprint density at radius 1 is 1.62 bits per heavy atom. The zero-order valence-electron chi connectivity index (χ0n) is 8.21. The molecule has 0 aliphatic heterocycles. The van der Waals surface area contributed by atoms with Gasteiger partial charge in [-0.2, -0.15) is 0 Å². The van der Waals surface area contributed by atoms with Gasteiger partial charge in [0.25, 0.3) is 5.69 Å².